The molecule has 0 saturated carbocycles. The van der Waals surface area contributed by atoms with Crippen molar-refractivity contribution in [1.82, 2.24) is 4.90 Å². The number of nitrogens with zero attached hydrogens (tertiary/aromatic N) is 2. The van der Waals surface area contributed by atoms with Crippen molar-refractivity contribution in [2.45, 2.75) is 0 Å². The molecule has 2 aromatic rings. The molecule has 1 amide bonds. The van der Waals surface area contributed by atoms with Gasteiger partial charge in [0.05, 0.1) is 11.6 Å². The summed E-state index contributed by atoms with van der Waals surface area (Å²) >= 11 is 11.6. The van der Waals surface area contributed by atoms with Crippen molar-refractivity contribution in [1.29, 1.82) is 0 Å². The smallest absolute Gasteiger partial charge is 0.238 e. The lowest BCUT2D eigenvalue weighted by Gasteiger charge is -2.35. The maximum atomic E-state index is 13.1. The standard InChI is InChI=1S/C18H18Cl2FN3O/c19-13-1-4-15(5-2-13)24-9-7-23(8-10-24)12-18(25)22-14-3-6-17(21)16(20)11-14/h1-6,11H,7-10,12H2,(H,22,25). The Labute approximate surface area is 156 Å². The fraction of sp³-hybridized carbons (Fsp3) is 0.278. The summed E-state index contributed by atoms with van der Waals surface area (Å²) in [6.45, 7) is 3.57. The zero-order valence-electron chi connectivity index (χ0n) is 13.5. The maximum Gasteiger partial charge on any atom is 0.238 e. The van der Waals surface area contributed by atoms with E-state index in [9.17, 15) is 9.18 Å². The number of halogens is 3. The van der Waals surface area contributed by atoms with Crippen LogP contribution in [0, 0.1) is 5.82 Å². The fourth-order valence-electron chi connectivity index (χ4n) is 2.79. The van der Waals surface area contributed by atoms with Gasteiger partial charge in [0.25, 0.3) is 0 Å². The van der Waals surface area contributed by atoms with E-state index < -0.39 is 5.82 Å². The van der Waals surface area contributed by atoms with E-state index in [1.165, 1.54) is 18.2 Å². The Morgan fingerprint density at radius 2 is 1.72 bits per heavy atom. The molecule has 0 atom stereocenters. The third-order valence-electron chi connectivity index (χ3n) is 4.13. The number of nitrogens with one attached hydrogen (secondary N) is 1. The lowest BCUT2D eigenvalue weighted by molar-refractivity contribution is -0.117. The normalized spacial score (nSPS) is 15.2. The van der Waals surface area contributed by atoms with Gasteiger partial charge in [-0.2, -0.15) is 0 Å². The zero-order chi connectivity index (χ0) is 17.8. The van der Waals surface area contributed by atoms with Gasteiger partial charge in [-0.25, -0.2) is 4.39 Å². The van der Waals surface area contributed by atoms with Gasteiger partial charge in [-0.05, 0) is 42.5 Å². The van der Waals surface area contributed by atoms with Crippen LogP contribution in [0.2, 0.25) is 10.0 Å². The Morgan fingerprint density at radius 3 is 2.36 bits per heavy atom. The van der Waals surface area contributed by atoms with Crippen LogP contribution in [-0.2, 0) is 4.79 Å². The maximum absolute atomic E-state index is 13.1. The van der Waals surface area contributed by atoms with Crippen LogP contribution in [0.3, 0.4) is 0 Å². The number of benzene rings is 2. The Kier molecular flexibility index (Phi) is 5.78. The van der Waals surface area contributed by atoms with Gasteiger partial charge in [0, 0.05) is 42.6 Å². The lowest BCUT2D eigenvalue weighted by atomic mass is 10.2. The number of piperazine rings is 1. The summed E-state index contributed by atoms with van der Waals surface area (Å²) in [7, 11) is 0. The quantitative estimate of drug-likeness (QED) is 0.872. The van der Waals surface area contributed by atoms with E-state index in [0.29, 0.717) is 12.2 Å². The molecule has 132 valence electrons. The first-order valence-electron chi connectivity index (χ1n) is 7.99. The molecule has 1 aliphatic heterocycles. The molecular formula is C18H18Cl2FN3O. The van der Waals surface area contributed by atoms with Gasteiger partial charge < -0.3 is 10.2 Å². The predicted octanol–water partition coefficient (Wildman–Crippen LogP) is 3.89. The molecule has 1 saturated heterocycles. The van der Waals surface area contributed by atoms with Crippen molar-refractivity contribution in [3.63, 3.8) is 0 Å². The fourth-order valence-corrected chi connectivity index (χ4v) is 3.10. The van der Waals surface area contributed by atoms with Crippen LogP contribution < -0.4 is 10.2 Å². The topological polar surface area (TPSA) is 35.6 Å². The van der Waals surface area contributed by atoms with Gasteiger partial charge in [0.1, 0.15) is 5.82 Å². The van der Waals surface area contributed by atoms with Gasteiger partial charge in [-0.3, -0.25) is 9.69 Å². The van der Waals surface area contributed by atoms with Crippen molar-refractivity contribution in [3.05, 3.63) is 58.3 Å². The van der Waals surface area contributed by atoms with Crippen molar-refractivity contribution >= 4 is 40.5 Å². The molecule has 25 heavy (non-hydrogen) atoms. The number of hydrogen-bond acceptors (Lipinski definition) is 3. The molecule has 1 fully saturated rings. The number of anilines is 2. The minimum atomic E-state index is -0.502. The van der Waals surface area contributed by atoms with Crippen LogP contribution in [-0.4, -0.2) is 43.5 Å². The summed E-state index contributed by atoms with van der Waals surface area (Å²) in [6, 6.07) is 11.9. The van der Waals surface area contributed by atoms with E-state index in [2.05, 4.69) is 15.1 Å². The largest absolute Gasteiger partial charge is 0.369 e. The highest BCUT2D eigenvalue weighted by molar-refractivity contribution is 6.31. The van der Waals surface area contributed by atoms with Gasteiger partial charge >= 0.3 is 0 Å². The van der Waals surface area contributed by atoms with Crippen LogP contribution in [0.5, 0.6) is 0 Å². The highest BCUT2D eigenvalue weighted by Gasteiger charge is 2.19. The molecule has 0 bridgehead atoms. The lowest BCUT2D eigenvalue weighted by Crippen LogP contribution is -2.48. The number of hydrogen-bond donors (Lipinski definition) is 1. The van der Waals surface area contributed by atoms with Crippen LogP contribution in [0.25, 0.3) is 0 Å². The summed E-state index contributed by atoms with van der Waals surface area (Å²) in [6.07, 6.45) is 0. The molecule has 1 N–H and O–H groups in total. The minimum Gasteiger partial charge on any atom is -0.369 e. The second-order valence-electron chi connectivity index (χ2n) is 5.92. The molecule has 0 radical (unpaired) electrons. The number of rotatable bonds is 4. The van der Waals surface area contributed by atoms with Gasteiger partial charge in [-0.1, -0.05) is 23.2 Å². The molecule has 1 heterocycles. The van der Waals surface area contributed by atoms with Crippen LogP contribution >= 0.6 is 23.2 Å². The first-order chi connectivity index (χ1) is 12.0. The monoisotopic (exact) mass is 381 g/mol. The van der Waals surface area contributed by atoms with Crippen molar-refractivity contribution in [2.75, 3.05) is 42.9 Å². The Hall–Kier alpha value is -1.82. The highest BCUT2D eigenvalue weighted by atomic mass is 35.5. The third kappa shape index (κ3) is 4.84. The van der Waals surface area contributed by atoms with Crippen molar-refractivity contribution in [2.24, 2.45) is 0 Å². The van der Waals surface area contributed by atoms with Crippen LogP contribution in [0.1, 0.15) is 0 Å². The molecule has 0 aliphatic carbocycles. The van der Waals surface area contributed by atoms with Gasteiger partial charge in [0.2, 0.25) is 5.91 Å². The van der Waals surface area contributed by atoms with E-state index >= 15 is 0 Å². The first kappa shape index (κ1) is 18.0. The number of amides is 1. The first-order valence-corrected chi connectivity index (χ1v) is 8.74. The molecule has 3 rings (SSSR count). The van der Waals surface area contributed by atoms with Gasteiger partial charge in [0.15, 0.2) is 0 Å². The summed E-state index contributed by atoms with van der Waals surface area (Å²) in [5.41, 5.74) is 1.63. The average Bonchev–Trinajstić information content (AvgIpc) is 2.60. The van der Waals surface area contributed by atoms with Gasteiger partial charge in [-0.15, -0.1) is 0 Å². The second-order valence-corrected chi connectivity index (χ2v) is 6.76. The van der Waals surface area contributed by atoms with Crippen molar-refractivity contribution < 1.29 is 9.18 Å². The Balaban J connectivity index is 1.49. The van der Waals surface area contributed by atoms with E-state index in [0.717, 1.165) is 36.9 Å². The number of carbonyl (C=O) groups is 1. The zero-order valence-corrected chi connectivity index (χ0v) is 15.0. The summed E-state index contributed by atoms with van der Waals surface area (Å²) in [5.74, 6) is -0.638. The average molecular weight is 382 g/mol. The Bertz CT molecular complexity index is 746. The van der Waals surface area contributed by atoms with Crippen molar-refractivity contribution in [3.8, 4) is 0 Å². The van der Waals surface area contributed by atoms with E-state index in [4.69, 9.17) is 23.2 Å². The number of carbonyl (C=O) groups excluding carboxylic acids is 1. The molecule has 4 nitrogen and oxygen atoms in total. The summed E-state index contributed by atoms with van der Waals surface area (Å²) in [5, 5.41) is 3.46. The molecule has 0 unspecified atom stereocenters. The van der Waals surface area contributed by atoms with E-state index in [1.807, 2.05) is 24.3 Å². The van der Waals surface area contributed by atoms with Crippen LogP contribution in [0.4, 0.5) is 15.8 Å². The summed E-state index contributed by atoms with van der Waals surface area (Å²) < 4.78 is 13.1. The van der Waals surface area contributed by atoms with E-state index in [1.54, 1.807) is 0 Å². The van der Waals surface area contributed by atoms with E-state index in [-0.39, 0.29) is 10.9 Å². The second kappa shape index (κ2) is 8.04. The molecule has 2 aromatic carbocycles. The molecule has 7 heteroatoms. The molecule has 0 spiro atoms. The SMILES string of the molecule is O=C(CN1CCN(c2ccc(Cl)cc2)CC1)Nc1ccc(F)c(Cl)c1. The van der Waals surface area contributed by atoms with Crippen LogP contribution in [0.15, 0.2) is 42.5 Å². The third-order valence-corrected chi connectivity index (χ3v) is 4.68. The Morgan fingerprint density at radius 1 is 1.04 bits per heavy atom. The molecular weight excluding hydrogens is 364 g/mol. The summed E-state index contributed by atoms with van der Waals surface area (Å²) in [4.78, 5) is 16.5. The predicted molar refractivity (Wildman–Crippen MR) is 100 cm³/mol. The molecule has 1 aliphatic rings. The molecule has 0 aromatic heterocycles. The minimum absolute atomic E-state index is 0.00520. The highest BCUT2D eigenvalue weighted by Crippen LogP contribution is 2.20.